The summed E-state index contributed by atoms with van der Waals surface area (Å²) < 4.78 is 11.4. The highest BCUT2D eigenvalue weighted by molar-refractivity contribution is 6.40. The van der Waals surface area contributed by atoms with E-state index >= 15 is 0 Å². The van der Waals surface area contributed by atoms with Crippen molar-refractivity contribution in [1.29, 1.82) is 0 Å². The minimum Gasteiger partial charge on any atom is -0.495 e. The molecule has 9 nitrogen and oxygen atoms in total. The Labute approximate surface area is 213 Å². The maximum absolute atomic E-state index is 13.1. The summed E-state index contributed by atoms with van der Waals surface area (Å²) in [6.07, 6.45) is 1.43. The monoisotopic (exact) mass is 514 g/mol. The number of nitrogens with one attached hydrogen (secondary N) is 2. The minimum atomic E-state index is -0.344. The van der Waals surface area contributed by atoms with Gasteiger partial charge in [0.25, 0.3) is 5.91 Å². The van der Waals surface area contributed by atoms with Crippen LogP contribution < -0.4 is 29.9 Å². The average molecular weight is 515 g/mol. The van der Waals surface area contributed by atoms with Gasteiger partial charge in [-0.25, -0.2) is 4.98 Å². The fourth-order valence-corrected chi connectivity index (χ4v) is 4.85. The third-order valence-corrected chi connectivity index (χ3v) is 6.62. The Kier molecular flexibility index (Phi) is 6.55. The van der Waals surface area contributed by atoms with Crippen molar-refractivity contribution in [2.45, 2.75) is 13.0 Å². The van der Waals surface area contributed by atoms with Crippen molar-refractivity contribution in [3.63, 3.8) is 0 Å². The molecule has 0 aliphatic carbocycles. The quantitative estimate of drug-likeness (QED) is 0.519. The standard InChI is InChI=1S/C24H24Cl2N6O3/c1-14-11-27-8-9-31(14)19-7-6-15(10-20(19)34-2)29-24-28-12-16-22(30-24)35-13-32(23(16)33)21-17(25)4-3-5-18(21)26/h3-7,10,12,14,27H,8-9,11,13H2,1-2H3,(H,28,29,30)/t14-/m0/s1. The number of hydrogen-bond donors (Lipinski definition) is 2. The smallest absolute Gasteiger partial charge is 0.268 e. The van der Waals surface area contributed by atoms with Gasteiger partial charge in [-0.3, -0.25) is 9.69 Å². The number of carbonyl (C=O) groups excluding carboxylic acids is 1. The number of aromatic nitrogens is 2. The van der Waals surface area contributed by atoms with E-state index in [0.717, 1.165) is 36.8 Å². The first-order valence-corrected chi connectivity index (χ1v) is 11.9. The van der Waals surface area contributed by atoms with Gasteiger partial charge in [0.2, 0.25) is 11.8 Å². The zero-order valence-corrected chi connectivity index (χ0v) is 20.7. The van der Waals surface area contributed by atoms with Crippen molar-refractivity contribution < 1.29 is 14.3 Å². The van der Waals surface area contributed by atoms with E-state index in [1.807, 2.05) is 18.2 Å². The van der Waals surface area contributed by atoms with Crippen LogP contribution in [0.2, 0.25) is 10.0 Å². The van der Waals surface area contributed by atoms with Crippen LogP contribution in [0.4, 0.5) is 23.0 Å². The van der Waals surface area contributed by atoms with Gasteiger partial charge in [0.15, 0.2) is 6.73 Å². The first-order chi connectivity index (χ1) is 17.0. The fourth-order valence-electron chi connectivity index (χ4n) is 4.25. The maximum atomic E-state index is 13.1. The topological polar surface area (TPSA) is 91.8 Å². The molecule has 0 radical (unpaired) electrons. The molecular formula is C24H24Cl2N6O3. The number of para-hydroxylation sites is 1. The molecule has 0 saturated carbocycles. The van der Waals surface area contributed by atoms with E-state index in [1.54, 1.807) is 25.3 Å². The predicted octanol–water partition coefficient (Wildman–Crippen LogP) is 4.33. The van der Waals surface area contributed by atoms with E-state index in [-0.39, 0.29) is 24.1 Å². The third kappa shape index (κ3) is 4.54. The minimum absolute atomic E-state index is 0.0723. The number of rotatable bonds is 5. The number of halogens is 2. The molecule has 1 amide bonds. The van der Waals surface area contributed by atoms with E-state index in [1.165, 1.54) is 11.1 Å². The van der Waals surface area contributed by atoms with Crippen LogP contribution in [0.25, 0.3) is 0 Å². The van der Waals surface area contributed by atoms with Crippen molar-refractivity contribution in [1.82, 2.24) is 15.3 Å². The Morgan fingerprint density at radius 2 is 2.03 bits per heavy atom. The van der Waals surface area contributed by atoms with Gasteiger partial charge in [0.05, 0.1) is 28.5 Å². The molecule has 0 bridgehead atoms. The number of anilines is 4. The molecule has 11 heteroatoms. The van der Waals surface area contributed by atoms with Gasteiger partial charge in [-0.1, -0.05) is 29.3 Å². The van der Waals surface area contributed by atoms with Gasteiger partial charge in [0.1, 0.15) is 11.3 Å². The van der Waals surface area contributed by atoms with E-state index < -0.39 is 0 Å². The lowest BCUT2D eigenvalue weighted by Gasteiger charge is -2.36. The van der Waals surface area contributed by atoms with Crippen LogP contribution in [-0.4, -0.2) is 55.4 Å². The number of carbonyl (C=O) groups is 1. The molecular weight excluding hydrogens is 491 g/mol. The lowest BCUT2D eigenvalue weighted by Crippen LogP contribution is -2.50. The molecule has 2 aliphatic rings. The normalized spacial score (nSPS) is 17.6. The van der Waals surface area contributed by atoms with Crippen LogP contribution in [0.3, 0.4) is 0 Å². The Morgan fingerprint density at radius 1 is 1.23 bits per heavy atom. The van der Waals surface area contributed by atoms with E-state index in [9.17, 15) is 4.79 Å². The summed E-state index contributed by atoms with van der Waals surface area (Å²) in [6, 6.07) is 11.3. The van der Waals surface area contributed by atoms with E-state index in [4.69, 9.17) is 32.7 Å². The summed E-state index contributed by atoms with van der Waals surface area (Å²) in [6.45, 7) is 4.86. The molecule has 1 aromatic heterocycles. The van der Waals surface area contributed by atoms with E-state index in [0.29, 0.717) is 27.7 Å². The molecule has 35 heavy (non-hydrogen) atoms. The van der Waals surface area contributed by atoms with Gasteiger partial charge in [-0.2, -0.15) is 4.98 Å². The largest absolute Gasteiger partial charge is 0.495 e. The molecule has 0 unspecified atom stereocenters. The lowest BCUT2D eigenvalue weighted by atomic mass is 10.1. The molecule has 1 fully saturated rings. The molecule has 0 spiro atoms. The third-order valence-electron chi connectivity index (χ3n) is 6.01. The van der Waals surface area contributed by atoms with Gasteiger partial charge in [-0.15, -0.1) is 0 Å². The molecule has 2 aliphatic heterocycles. The van der Waals surface area contributed by atoms with Crippen LogP contribution in [0.5, 0.6) is 11.6 Å². The van der Waals surface area contributed by atoms with Crippen LogP contribution in [0.15, 0.2) is 42.6 Å². The molecule has 5 rings (SSSR count). The van der Waals surface area contributed by atoms with Gasteiger partial charge >= 0.3 is 0 Å². The molecule has 3 aromatic rings. The first kappa shape index (κ1) is 23.5. The summed E-state index contributed by atoms with van der Waals surface area (Å²) in [5, 5.41) is 7.27. The Bertz CT molecular complexity index is 1250. The summed E-state index contributed by atoms with van der Waals surface area (Å²) in [7, 11) is 1.65. The second-order valence-electron chi connectivity index (χ2n) is 8.25. The van der Waals surface area contributed by atoms with Crippen LogP contribution in [0, 0.1) is 0 Å². The van der Waals surface area contributed by atoms with Crippen LogP contribution in [0.1, 0.15) is 17.3 Å². The number of piperazine rings is 1. The highest BCUT2D eigenvalue weighted by Gasteiger charge is 2.31. The summed E-state index contributed by atoms with van der Waals surface area (Å²) in [4.78, 5) is 25.5. The van der Waals surface area contributed by atoms with Gasteiger partial charge in [-0.05, 0) is 31.2 Å². The predicted molar refractivity (Wildman–Crippen MR) is 137 cm³/mol. The van der Waals surface area contributed by atoms with E-state index in [2.05, 4.69) is 32.4 Å². The fraction of sp³-hybridized carbons (Fsp3) is 0.292. The maximum Gasteiger partial charge on any atom is 0.268 e. The molecule has 182 valence electrons. The Morgan fingerprint density at radius 3 is 2.77 bits per heavy atom. The Balaban J connectivity index is 1.36. The highest BCUT2D eigenvalue weighted by Crippen LogP contribution is 2.37. The Hall–Kier alpha value is -3.27. The molecule has 1 atom stereocenters. The van der Waals surface area contributed by atoms with Crippen molar-refractivity contribution in [2.75, 3.05) is 48.6 Å². The average Bonchev–Trinajstić information content (AvgIpc) is 2.85. The zero-order valence-electron chi connectivity index (χ0n) is 19.2. The van der Waals surface area contributed by atoms with Crippen molar-refractivity contribution >= 4 is 52.1 Å². The molecule has 2 N–H and O–H groups in total. The number of amides is 1. The summed E-state index contributed by atoms with van der Waals surface area (Å²) in [5.41, 5.74) is 2.39. The molecule has 2 aromatic carbocycles. The number of benzene rings is 2. The summed E-state index contributed by atoms with van der Waals surface area (Å²) in [5.74, 6) is 0.889. The lowest BCUT2D eigenvalue weighted by molar-refractivity contribution is 0.0932. The molecule has 3 heterocycles. The number of nitrogens with zero attached hydrogens (tertiary/aromatic N) is 4. The number of fused-ring (bicyclic) bond motifs is 1. The number of ether oxygens (including phenoxy) is 2. The number of hydrogen-bond acceptors (Lipinski definition) is 8. The van der Waals surface area contributed by atoms with Crippen molar-refractivity contribution in [3.8, 4) is 11.6 Å². The van der Waals surface area contributed by atoms with Crippen molar-refractivity contribution in [3.05, 3.63) is 58.2 Å². The zero-order chi connectivity index (χ0) is 24.5. The van der Waals surface area contributed by atoms with Gasteiger partial charge < -0.3 is 25.0 Å². The van der Waals surface area contributed by atoms with Crippen molar-refractivity contribution in [2.24, 2.45) is 0 Å². The van der Waals surface area contributed by atoms with Crippen LogP contribution >= 0.6 is 23.2 Å². The summed E-state index contributed by atoms with van der Waals surface area (Å²) >= 11 is 12.5. The second-order valence-corrected chi connectivity index (χ2v) is 9.06. The first-order valence-electron chi connectivity index (χ1n) is 11.1. The van der Waals surface area contributed by atoms with Gasteiger partial charge in [0, 0.05) is 43.6 Å². The number of methoxy groups -OCH3 is 1. The highest BCUT2D eigenvalue weighted by atomic mass is 35.5. The molecule has 1 saturated heterocycles. The second kappa shape index (κ2) is 9.77. The SMILES string of the molecule is COc1cc(Nc2ncc3c(n2)OCN(c2c(Cl)cccc2Cl)C3=O)ccc1N1CCNC[C@@H]1C. The van der Waals surface area contributed by atoms with Crippen LogP contribution in [-0.2, 0) is 0 Å².